The lowest BCUT2D eigenvalue weighted by atomic mass is 10.1. The molecule has 16 heavy (non-hydrogen) atoms. The molecule has 0 bridgehead atoms. The molecular formula is C10H14BrNO3S. The molecular weight excluding hydrogens is 294 g/mol. The molecule has 0 aliphatic carbocycles. The molecule has 0 saturated heterocycles. The van der Waals surface area contributed by atoms with Crippen LogP contribution in [0.1, 0.15) is 22.2 Å². The highest BCUT2D eigenvalue weighted by atomic mass is 79.9. The van der Waals surface area contributed by atoms with Crippen molar-refractivity contribution in [1.29, 1.82) is 0 Å². The highest BCUT2D eigenvalue weighted by molar-refractivity contribution is 9.11. The average Bonchev–Trinajstić information content (AvgIpc) is 2.56. The van der Waals surface area contributed by atoms with Crippen LogP contribution in [0.15, 0.2) is 9.85 Å². The van der Waals surface area contributed by atoms with E-state index in [1.165, 1.54) is 18.3 Å². The van der Waals surface area contributed by atoms with Gasteiger partial charge in [-0.25, -0.2) is 0 Å². The lowest BCUT2D eigenvalue weighted by Gasteiger charge is -2.20. The van der Waals surface area contributed by atoms with Gasteiger partial charge in [0, 0.05) is 6.54 Å². The Balaban J connectivity index is 2.60. The number of amides is 1. The predicted octanol–water partition coefficient (Wildman–Crippen LogP) is 1.29. The van der Waals surface area contributed by atoms with Gasteiger partial charge in [-0.15, -0.1) is 11.3 Å². The molecule has 0 radical (unpaired) electrons. The average molecular weight is 308 g/mol. The van der Waals surface area contributed by atoms with Gasteiger partial charge in [-0.2, -0.15) is 0 Å². The van der Waals surface area contributed by atoms with Crippen LogP contribution in [0.25, 0.3) is 0 Å². The maximum absolute atomic E-state index is 11.7. The van der Waals surface area contributed by atoms with Crippen molar-refractivity contribution in [3.63, 3.8) is 0 Å². The van der Waals surface area contributed by atoms with Gasteiger partial charge in [-0.1, -0.05) is 0 Å². The first-order valence-corrected chi connectivity index (χ1v) is 6.34. The van der Waals surface area contributed by atoms with Crippen molar-refractivity contribution in [2.24, 2.45) is 0 Å². The van der Waals surface area contributed by atoms with Crippen LogP contribution in [0.5, 0.6) is 0 Å². The fraction of sp³-hybridized carbons (Fsp3) is 0.500. The van der Waals surface area contributed by atoms with Crippen LogP contribution in [-0.4, -0.2) is 34.9 Å². The monoisotopic (exact) mass is 307 g/mol. The SMILES string of the molecule is Cc1cc(C(=O)NCC(C)(O)CO)sc1Br. The van der Waals surface area contributed by atoms with Gasteiger partial charge in [0.05, 0.1) is 15.3 Å². The molecule has 1 heterocycles. The van der Waals surface area contributed by atoms with Gasteiger partial charge in [0.1, 0.15) is 5.60 Å². The molecule has 4 nitrogen and oxygen atoms in total. The quantitative estimate of drug-likeness (QED) is 0.785. The van der Waals surface area contributed by atoms with E-state index in [-0.39, 0.29) is 19.1 Å². The van der Waals surface area contributed by atoms with Crippen molar-refractivity contribution in [1.82, 2.24) is 5.32 Å². The van der Waals surface area contributed by atoms with Crippen LogP contribution in [0.3, 0.4) is 0 Å². The minimum Gasteiger partial charge on any atom is -0.393 e. The van der Waals surface area contributed by atoms with Crippen LogP contribution in [0, 0.1) is 6.92 Å². The molecule has 3 N–H and O–H groups in total. The Bertz CT molecular complexity index is 370. The molecule has 1 amide bonds. The Labute approximate surface area is 106 Å². The van der Waals surface area contributed by atoms with Crippen molar-refractivity contribution in [2.75, 3.05) is 13.2 Å². The highest BCUT2D eigenvalue weighted by Crippen LogP contribution is 2.27. The third-order valence-electron chi connectivity index (χ3n) is 2.05. The van der Waals surface area contributed by atoms with Gasteiger partial charge in [0.15, 0.2) is 0 Å². The summed E-state index contributed by atoms with van der Waals surface area (Å²) in [5.41, 5.74) is -0.275. The fourth-order valence-corrected chi connectivity index (χ4v) is 2.44. The number of hydrogen-bond acceptors (Lipinski definition) is 4. The maximum atomic E-state index is 11.7. The van der Waals surface area contributed by atoms with Crippen LogP contribution >= 0.6 is 27.3 Å². The molecule has 0 aromatic carbocycles. The number of aliphatic hydroxyl groups excluding tert-OH is 1. The Morgan fingerprint density at radius 2 is 2.31 bits per heavy atom. The summed E-state index contributed by atoms with van der Waals surface area (Å²) in [6, 6.07) is 1.78. The zero-order valence-corrected chi connectivity index (χ0v) is 11.5. The summed E-state index contributed by atoms with van der Waals surface area (Å²) in [7, 11) is 0. The molecule has 1 aromatic rings. The third kappa shape index (κ3) is 3.55. The number of carbonyl (C=O) groups excluding carboxylic acids is 1. The van der Waals surface area contributed by atoms with Gasteiger partial charge in [-0.05, 0) is 41.4 Å². The normalized spacial score (nSPS) is 14.6. The molecule has 1 rings (SSSR count). The first-order valence-electron chi connectivity index (χ1n) is 4.73. The predicted molar refractivity (Wildman–Crippen MR) is 66.8 cm³/mol. The zero-order valence-electron chi connectivity index (χ0n) is 9.08. The maximum Gasteiger partial charge on any atom is 0.261 e. The van der Waals surface area contributed by atoms with Gasteiger partial charge >= 0.3 is 0 Å². The van der Waals surface area contributed by atoms with E-state index in [1.807, 2.05) is 6.92 Å². The first kappa shape index (κ1) is 13.6. The fourth-order valence-electron chi connectivity index (χ4n) is 0.985. The number of thiophene rings is 1. The van der Waals surface area contributed by atoms with Crippen molar-refractivity contribution >= 4 is 33.2 Å². The number of halogens is 1. The largest absolute Gasteiger partial charge is 0.393 e. The van der Waals surface area contributed by atoms with Gasteiger partial charge in [0.25, 0.3) is 5.91 Å². The van der Waals surface area contributed by atoms with Crippen molar-refractivity contribution < 1.29 is 15.0 Å². The number of rotatable bonds is 4. The highest BCUT2D eigenvalue weighted by Gasteiger charge is 2.20. The number of hydrogen-bond donors (Lipinski definition) is 3. The van der Waals surface area contributed by atoms with Gasteiger partial charge in [0.2, 0.25) is 0 Å². The zero-order chi connectivity index (χ0) is 12.3. The second-order valence-corrected chi connectivity index (χ2v) is 6.28. The number of carbonyl (C=O) groups is 1. The summed E-state index contributed by atoms with van der Waals surface area (Å²) < 4.78 is 0.923. The summed E-state index contributed by atoms with van der Waals surface area (Å²) >= 11 is 4.68. The standard InChI is InChI=1S/C10H14BrNO3S/c1-6-3-7(16-8(6)11)9(14)12-4-10(2,15)5-13/h3,13,15H,4-5H2,1-2H3,(H,12,14). The molecule has 0 saturated carbocycles. The summed E-state index contributed by atoms with van der Waals surface area (Å²) in [4.78, 5) is 12.2. The van der Waals surface area contributed by atoms with Crippen LogP contribution < -0.4 is 5.32 Å². The molecule has 1 atom stereocenters. The number of aryl methyl sites for hydroxylation is 1. The summed E-state index contributed by atoms with van der Waals surface area (Å²) in [6.07, 6.45) is 0. The lowest BCUT2D eigenvalue weighted by molar-refractivity contribution is 0.00323. The first-order chi connectivity index (χ1) is 7.35. The molecule has 90 valence electrons. The Morgan fingerprint density at radius 1 is 1.69 bits per heavy atom. The van der Waals surface area contributed by atoms with E-state index in [0.717, 1.165) is 9.35 Å². The van der Waals surface area contributed by atoms with E-state index >= 15 is 0 Å². The summed E-state index contributed by atoms with van der Waals surface area (Å²) in [5.74, 6) is -0.243. The van der Waals surface area contributed by atoms with Crippen molar-refractivity contribution in [2.45, 2.75) is 19.4 Å². The van der Waals surface area contributed by atoms with Crippen molar-refractivity contribution in [3.8, 4) is 0 Å². The molecule has 0 fully saturated rings. The minimum atomic E-state index is -1.28. The van der Waals surface area contributed by atoms with E-state index in [4.69, 9.17) is 5.11 Å². The van der Waals surface area contributed by atoms with E-state index < -0.39 is 5.60 Å². The molecule has 1 unspecified atom stereocenters. The second kappa shape index (κ2) is 5.27. The van der Waals surface area contributed by atoms with E-state index in [2.05, 4.69) is 21.2 Å². The van der Waals surface area contributed by atoms with Crippen molar-refractivity contribution in [3.05, 3.63) is 20.3 Å². The van der Waals surface area contributed by atoms with Crippen LogP contribution in [0.2, 0.25) is 0 Å². The Kier molecular flexibility index (Phi) is 4.49. The van der Waals surface area contributed by atoms with Crippen LogP contribution in [-0.2, 0) is 0 Å². The Hall–Kier alpha value is -0.430. The van der Waals surface area contributed by atoms with E-state index in [0.29, 0.717) is 4.88 Å². The molecule has 6 heteroatoms. The van der Waals surface area contributed by atoms with Gasteiger partial charge in [-0.3, -0.25) is 4.79 Å². The second-order valence-electron chi connectivity index (χ2n) is 3.91. The smallest absolute Gasteiger partial charge is 0.261 e. The van der Waals surface area contributed by atoms with E-state index in [1.54, 1.807) is 6.07 Å². The van der Waals surface area contributed by atoms with E-state index in [9.17, 15) is 9.90 Å². The third-order valence-corrected chi connectivity index (χ3v) is 4.19. The topological polar surface area (TPSA) is 69.6 Å². The number of aliphatic hydroxyl groups is 2. The molecule has 1 aromatic heterocycles. The Morgan fingerprint density at radius 3 is 2.75 bits per heavy atom. The molecule has 0 spiro atoms. The lowest BCUT2D eigenvalue weighted by Crippen LogP contribution is -2.43. The molecule has 0 aliphatic heterocycles. The van der Waals surface area contributed by atoms with Gasteiger partial charge < -0.3 is 15.5 Å². The summed E-state index contributed by atoms with van der Waals surface area (Å²) in [5, 5.41) is 20.9. The minimum absolute atomic E-state index is 0.0247. The molecule has 0 aliphatic rings. The van der Waals surface area contributed by atoms with Crippen LogP contribution in [0.4, 0.5) is 0 Å². The number of nitrogens with one attached hydrogen (secondary N) is 1. The summed E-state index contributed by atoms with van der Waals surface area (Å²) in [6.45, 7) is 3.00.